The predicted molar refractivity (Wildman–Crippen MR) is 63.7 cm³/mol. The Labute approximate surface area is 104 Å². The van der Waals surface area contributed by atoms with Crippen LogP contribution >= 0.6 is 0 Å². The molecule has 3 nitrogen and oxygen atoms in total. The second kappa shape index (κ2) is 5.71. The fourth-order valence-corrected chi connectivity index (χ4v) is 1.60. The van der Waals surface area contributed by atoms with Crippen molar-refractivity contribution in [3.63, 3.8) is 0 Å². The number of alkyl halides is 2. The normalized spacial score (nSPS) is 11.1. The molecule has 0 heterocycles. The molecule has 0 N–H and O–H groups in total. The van der Waals surface area contributed by atoms with Crippen molar-refractivity contribution in [3.8, 4) is 0 Å². The van der Waals surface area contributed by atoms with Crippen molar-refractivity contribution in [3.05, 3.63) is 35.4 Å². The molecule has 18 heavy (non-hydrogen) atoms. The second-order valence-electron chi connectivity index (χ2n) is 3.79. The molecule has 0 bridgehead atoms. The molecule has 1 aromatic carbocycles. The summed E-state index contributed by atoms with van der Waals surface area (Å²) in [6, 6.07) is 4.74. The van der Waals surface area contributed by atoms with Crippen LogP contribution in [0.5, 0.6) is 0 Å². The molecule has 0 fully saturated rings. The van der Waals surface area contributed by atoms with Crippen LogP contribution in [-0.4, -0.2) is 30.2 Å². The van der Waals surface area contributed by atoms with Gasteiger partial charge in [-0.25, -0.2) is 0 Å². The van der Waals surface area contributed by atoms with Crippen LogP contribution in [0.25, 0.3) is 0 Å². The van der Waals surface area contributed by atoms with E-state index < -0.39 is 17.4 Å². The maximum Gasteiger partial charge on any atom is 0.349 e. The average Bonchev–Trinajstić information content (AvgIpc) is 2.40. The third-order valence-corrected chi connectivity index (χ3v) is 2.73. The standard InChI is InChI=1S/C13H15F2NO2/c1-3-16(4-2)12(18)13(14,15)11-7-5-10(9-17)6-8-11/h5-9H,3-4H2,1-2H3. The minimum Gasteiger partial charge on any atom is -0.338 e. The summed E-state index contributed by atoms with van der Waals surface area (Å²) in [6.45, 7) is 3.76. The van der Waals surface area contributed by atoms with Crippen LogP contribution in [-0.2, 0) is 10.7 Å². The van der Waals surface area contributed by atoms with E-state index in [1.807, 2.05) is 0 Å². The van der Waals surface area contributed by atoms with E-state index in [-0.39, 0.29) is 13.1 Å². The Bertz CT molecular complexity index is 425. The lowest BCUT2D eigenvalue weighted by molar-refractivity contribution is -0.158. The average molecular weight is 255 g/mol. The van der Waals surface area contributed by atoms with E-state index in [1.165, 1.54) is 12.1 Å². The van der Waals surface area contributed by atoms with Crippen LogP contribution in [0.2, 0.25) is 0 Å². The van der Waals surface area contributed by atoms with Crippen molar-refractivity contribution in [1.82, 2.24) is 4.90 Å². The Hall–Kier alpha value is -1.78. The highest BCUT2D eigenvalue weighted by Crippen LogP contribution is 2.30. The zero-order valence-corrected chi connectivity index (χ0v) is 10.3. The number of likely N-dealkylation sites (N-methyl/N-ethyl adjacent to an activating group) is 1. The first kappa shape index (κ1) is 14.3. The Balaban J connectivity index is 3.03. The Morgan fingerprint density at radius 1 is 1.22 bits per heavy atom. The van der Waals surface area contributed by atoms with E-state index in [1.54, 1.807) is 13.8 Å². The van der Waals surface area contributed by atoms with Crippen LogP contribution in [0.4, 0.5) is 8.78 Å². The molecule has 0 spiro atoms. The third kappa shape index (κ3) is 2.72. The van der Waals surface area contributed by atoms with Gasteiger partial charge in [0.1, 0.15) is 6.29 Å². The monoisotopic (exact) mass is 255 g/mol. The highest BCUT2D eigenvalue weighted by molar-refractivity contribution is 5.85. The first-order chi connectivity index (χ1) is 8.47. The number of nitrogens with zero attached hydrogens (tertiary/aromatic N) is 1. The molecule has 0 saturated heterocycles. The van der Waals surface area contributed by atoms with Crippen LogP contribution < -0.4 is 0 Å². The highest BCUT2D eigenvalue weighted by Gasteiger charge is 2.43. The van der Waals surface area contributed by atoms with E-state index in [0.717, 1.165) is 17.0 Å². The number of hydrogen-bond donors (Lipinski definition) is 0. The first-order valence-corrected chi connectivity index (χ1v) is 5.70. The van der Waals surface area contributed by atoms with Gasteiger partial charge in [0, 0.05) is 24.2 Å². The molecule has 98 valence electrons. The predicted octanol–water partition coefficient (Wildman–Crippen LogP) is 2.46. The Morgan fingerprint density at radius 3 is 2.11 bits per heavy atom. The number of halogens is 2. The highest BCUT2D eigenvalue weighted by atomic mass is 19.3. The van der Waals surface area contributed by atoms with Crippen molar-refractivity contribution in [2.24, 2.45) is 0 Å². The smallest absolute Gasteiger partial charge is 0.338 e. The van der Waals surface area contributed by atoms with Crippen LogP contribution in [0.1, 0.15) is 29.8 Å². The summed E-state index contributed by atoms with van der Waals surface area (Å²) < 4.78 is 27.9. The number of aldehydes is 1. The maximum absolute atomic E-state index is 13.9. The number of rotatable bonds is 5. The number of carbonyl (C=O) groups excluding carboxylic acids is 2. The van der Waals surface area contributed by atoms with Gasteiger partial charge in [-0.05, 0) is 13.8 Å². The summed E-state index contributed by atoms with van der Waals surface area (Å²) in [7, 11) is 0. The molecule has 1 rings (SSSR count). The van der Waals surface area contributed by atoms with E-state index in [4.69, 9.17) is 0 Å². The van der Waals surface area contributed by atoms with Crippen molar-refractivity contribution in [2.75, 3.05) is 13.1 Å². The molecular formula is C13H15F2NO2. The van der Waals surface area contributed by atoms with Gasteiger partial charge in [0.15, 0.2) is 0 Å². The molecule has 0 aliphatic carbocycles. The lowest BCUT2D eigenvalue weighted by Crippen LogP contribution is -2.41. The van der Waals surface area contributed by atoms with Gasteiger partial charge < -0.3 is 4.90 Å². The van der Waals surface area contributed by atoms with E-state index in [9.17, 15) is 18.4 Å². The minimum absolute atomic E-state index is 0.233. The summed E-state index contributed by atoms with van der Waals surface area (Å²) in [5, 5.41) is 0. The van der Waals surface area contributed by atoms with Gasteiger partial charge in [-0.15, -0.1) is 0 Å². The number of hydrogen-bond acceptors (Lipinski definition) is 2. The van der Waals surface area contributed by atoms with Gasteiger partial charge in [0.05, 0.1) is 0 Å². The van der Waals surface area contributed by atoms with Gasteiger partial charge >= 0.3 is 5.92 Å². The van der Waals surface area contributed by atoms with Gasteiger partial charge in [-0.2, -0.15) is 8.78 Å². The fourth-order valence-electron chi connectivity index (χ4n) is 1.60. The molecule has 0 atom stereocenters. The first-order valence-electron chi connectivity index (χ1n) is 5.70. The SMILES string of the molecule is CCN(CC)C(=O)C(F)(F)c1ccc(C=O)cc1. The van der Waals surface area contributed by atoms with E-state index in [0.29, 0.717) is 11.8 Å². The van der Waals surface area contributed by atoms with Crippen molar-refractivity contribution >= 4 is 12.2 Å². The van der Waals surface area contributed by atoms with Gasteiger partial charge in [0.25, 0.3) is 5.91 Å². The molecule has 0 unspecified atom stereocenters. The summed E-state index contributed by atoms with van der Waals surface area (Å²) >= 11 is 0. The molecular weight excluding hydrogens is 240 g/mol. The lowest BCUT2D eigenvalue weighted by atomic mass is 10.1. The van der Waals surface area contributed by atoms with Crippen LogP contribution in [0, 0.1) is 0 Å². The molecule has 1 amide bonds. The van der Waals surface area contributed by atoms with Crippen molar-refractivity contribution in [2.45, 2.75) is 19.8 Å². The lowest BCUT2D eigenvalue weighted by Gasteiger charge is -2.24. The van der Waals surface area contributed by atoms with Gasteiger partial charge in [-0.3, -0.25) is 9.59 Å². The molecule has 0 aromatic heterocycles. The minimum atomic E-state index is -3.56. The van der Waals surface area contributed by atoms with Crippen molar-refractivity contribution in [1.29, 1.82) is 0 Å². The second-order valence-corrected chi connectivity index (χ2v) is 3.79. The summed E-state index contributed by atoms with van der Waals surface area (Å²) in [5.41, 5.74) is -0.102. The summed E-state index contributed by atoms with van der Waals surface area (Å²) in [6.07, 6.45) is 0.564. The number of amides is 1. The van der Waals surface area contributed by atoms with Crippen molar-refractivity contribution < 1.29 is 18.4 Å². The topological polar surface area (TPSA) is 37.4 Å². The number of carbonyl (C=O) groups is 2. The molecule has 0 aliphatic rings. The largest absolute Gasteiger partial charge is 0.349 e. The quantitative estimate of drug-likeness (QED) is 0.758. The van der Waals surface area contributed by atoms with Crippen LogP contribution in [0.15, 0.2) is 24.3 Å². The maximum atomic E-state index is 13.9. The number of benzene rings is 1. The molecule has 0 radical (unpaired) electrons. The van der Waals surface area contributed by atoms with Gasteiger partial charge in [-0.1, -0.05) is 24.3 Å². The Kier molecular flexibility index (Phi) is 4.53. The molecule has 0 aliphatic heterocycles. The van der Waals surface area contributed by atoms with E-state index in [2.05, 4.69) is 0 Å². The van der Waals surface area contributed by atoms with Gasteiger partial charge in [0.2, 0.25) is 0 Å². The van der Waals surface area contributed by atoms with E-state index >= 15 is 0 Å². The zero-order valence-electron chi connectivity index (χ0n) is 10.3. The molecule has 1 aromatic rings. The summed E-state index contributed by atoms with van der Waals surface area (Å²) in [4.78, 5) is 23.2. The molecule has 0 saturated carbocycles. The van der Waals surface area contributed by atoms with Crippen LogP contribution in [0.3, 0.4) is 0 Å². The third-order valence-electron chi connectivity index (χ3n) is 2.73. The Morgan fingerprint density at radius 2 is 1.72 bits per heavy atom. The zero-order chi connectivity index (χ0) is 13.8. The fraction of sp³-hybridized carbons (Fsp3) is 0.385. The summed E-state index contributed by atoms with van der Waals surface area (Å²) in [5.74, 6) is -4.78. The molecule has 5 heteroatoms.